The molecule has 0 aliphatic carbocycles. The van der Waals surface area contributed by atoms with Crippen molar-refractivity contribution in [2.45, 2.75) is 46.1 Å². The molecule has 1 atom stereocenters. The van der Waals surface area contributed by atoms with Crippen LogP contribution >= 0.6 is 0 Å². The lowest BCUT2D eigenvalue weighted by Crippen LogP contribution is -2.29. The van der Waals surface area contributed by atoms with E-state index in [1.54, 1.807) is 0 Å². The van der Waals surface area contributed by atoms with Gasteiger partial charge in [0.05, 0.1) is 17.9 Å². The van der Waals surface area contributed by atoms with Gasteiger partial charge in [-0.3, -0.25) is 0 Å². The number of allylic oxidation sites excluding steroid dienone is 3. The summed E-state index contributed by atoms with van der Waals surface area (Å²) in [6.45, 7) is 13.2. The fraction of sp³-hybridized carbons (Fsp3) is 0.321. The first-order valence-corrected chi connectivity index (χ1v) is 11.7. The number of nitrogens with zero attached hydrogens (tertiary/aromatic N) is 3. The lowest BCUT2D eigenvalue weighted by atomic mass is 9.98. The Morgan fingerprint density at radius 3 is 2.50 bits per heavy atom. The lowest BCUT2D eigenvalue weighted by Gasteiger charge is -2.31. The summed E-state index contributed by atoms with van der Waals surface area (Å²) in [6, 6.07) is 9.28. The maximum Gasteiger partial charge on any atom is 0.138 e. The third-order valence-corrected chi connectivity index (χ3v) is 6.76. The van der Waals surface area contributed by atoms with Gasteiger partial charge in [0, 0.05) is 42.1 Å². The summed E-state index contributed by atoms with van der Waals surface area (Å²) >= 11 is 0. The quantitative estimate of drug-likeness (QED) is 0.509. The van der Waals surface area contributed by atoms with Gasteiger partial charge in [0.25, 0.3) is 0 Å². The van der Waals surface area contributed by atoms with Crippen LogP contribution in [0.3, 0.4) is 0 Å². The monoisotopic (exact) mass is 424 g/mol. The van der Waals surface area contributed by atoms with Gasteiger partial charge in [0.1, 0.15) is 5.65 Å². The summed E-state index contributed by atoms with van der Waals surface area (Å²) in [5.41, 5.74) is 9.42. The first-order valence-electron chi connectivity index (χ1n) is 11.7. The van der Waals surface area contributed by atoms with Gasteiger partial charge in [-0.15, -0.1) is 0 Å². The predicted molar refractivity (Wildman–Crippen MR) is 135 cm³/mol. The SMILES string of the molecule is C=C1C=C(c2c[nH]c3ncc(N4CCCCC4)cc23)C=CN1C(C)c1cc(C)cc(C)c1. The van der Waals surface area contributed by atoms with E-state index in [2.05, 4.69) is 90.9 Å². The van der Waals surface area contributed by atoms with Crippen LogP contribution in [0.4, 0.5) is 5.69 Å². The van der Waals surface area contributed by atoms with Gasteiger partial charge in [-0.1, -0.05) is 35.9 Å². The first-order chi connectivity index (χ1) is 15.5. The van der Waals surface area contributed by atoms with E-state index < -0.39 is 0 Å². The van der Waals surface area contributed by atoms with Gasteiger partial charge in [0.15, 0.2) is 0 Å². The standard InChI is InChI=1S/C28H32N4/c1-19-12-20(2)14-24(13-19)22(4)32-11-8-23(15-21(32)3)27-18-30-28-26(27)16-25(17-29-28)31-9-6-5-7-10-31/h8,11-18,22H,3,5-7,9-10H2,1-2,4H3,(H,29,30). The molecule has 2 aliphatic heterocycles. The molecule has 0 spiro atoms. The molecule has 4 nitrogen and oxygen atoms in total. The molecule has 0 radical (unpaired) electrons. The number of aromatic nitrogens is 2. The second kappa shape index (κ2) is 8.34. The zero-order valence-electron chi connectivity index (χ0n) is 19.4. The maximum absolute atomic E-state index is 4.71. The van der Waals surface area contributed by atoms with Crippen molar-refractivity contribution in [2.24, 2.45) is 0 Å². The number of hydrogen-bond acceptors (Lipinski definition) is 3. The van der Waals surface area contributed by atoms with E-state index in [-0.39, 0.29) is 6.04 Å². The topological polar surface area (TPSA) is 35.2 Å². The minimum Gasteiger partial charge on any atom is -0.370 e. The summed E-state index contributed by atoms with van der Waals surface area (Å²) in [5.74, 6) is 0. The molecule has 0 saturated carbocycles. The first kappa shape index (κ1) is 20.6. The average molecular weight is 425 g/mol. The number of nitrogens with one attached hydrogen (secondary N) is 1. The normalized spacial score (nSPS) is 17.7. The Kier molecular flexibility index (Phi) is 5.38. The Balaban J connectivity index is 1.42. The third kappa shape index (κ3) is 3.86. The fourth-order valence-corrected chi connectivity index (χ4v) is 5.07. The van der Waals surface area contributed by atoms with E-state index in [4.69, 9.17) is 4.98 Å². The fourth-order valence-electron chi connectivity index (χ4n) is 5.07. The molecule has 1 aromatic carbocycles. The summed E-state index contributed by atoms with van der Waals surface area (Å²) < 4.78 is 0. The van der Waals surface area contributed by atoms with Crippen LogP contribution in [0.25, 0.3) is 16.6 Å². The van der Waals surface area contributed by atoms with Gasteiger partial charge in [0.2, 0.25) is 0 Å². The molecule has 4 heterocycles. The lowest BCUT2D eigenvalue weighted by molar-refractivity contribution is 0.380. The van der Waals surface area contributed by atoms with Crippen molar-refractivity contribution in [3.05, 3.63) is 89.5 Å². The minimum absolute atomic E-state index is 0.227. The van der Waals surface area contributed by atoms with Crippen LogP contribution in [0, 0.1) is 13.8 Å². The molecule has 32 heavy (non-hydrogen) atoms. The van der Waals surface area contributed by atoms with E-state index in [1.807, 2.05) is 6.20 Å². The minimum atomic E-state index is 0.227. The van der Waals surface area contributed by atoms with Crippen molar-refractivity contribution in [2.75, 3.05) is 18.0 Å². The van der Waals surface area contributed by atoms with Gasteiger partial charge in [-0.25, -0.2) is 4.98 Å². The van der Waals surface area contributed by atoms with Crippen molar-refractivity contribution in [3.8, 4) is 0 Å². The smallest absolute Gasteiger partial charge is 0.138 e. The van der Waals surface area contributed by atoms with Crippen molar-refractivity contribution >= 4 is 22.3 Å². The van der Waals surface area contributed by atoms with Crippen LogP contribution in [0.1, 0.15) is 54.5 Å². The van der Waals surface area contributed by atoms with Crippen LogP contribution in [0.2, 0.25) is 0 Å². The molecule has 164 valence electrons. The predicted octanol–water partition coefficient (Wildman–Crippen LogP) is 6.66. The molecule has 1 unspecified atom stereocenters. The van der Waals surface area contributed by atoms with Crippen LogP contribution in [0.5, 0.6) is 0 Å². The van der Waals surface area contributed by atoms with Gasteiger partial charge < -0.3 is 14.8 Å². The molecular formula is C28H32N4. The highest BCUT2D eigenvalue weighted by Crippen LogP contribution is 2.35. The van der Waals surface area contributed by atoms with Crippen molar-refractivity contribution in [1.82, 2.24) is 14.9 Å². The van der Waals surface area contributed by atoms with Crippen LogP contribution in [-0.4, -0.2) is 28.0 Å². The van der Waals surface area contributed by atoms with E-state index in [0.717, 1.165) is 24.4 Å². The summed E-state index contributed by atoms with van der Waals surface area (Å²) in [6.07, 6.45) is 14.5. The van der Waals surface area contributed by atoms with Crippen LogP contribution in [-0.2, 0) is 0 Å². The second-order valence-corrected chi connectivity index (χ2v) is 9.25. The summed E-state index contributed by atoms with van der Waals surface area (Å²) in [7, 11) is 0. The van der Waals surface area contributed by atoms with Crippen molar-refractivity contribution in [1.29, 1.82) is 0 Å². The number of H-pyrrole nitrogens is 1. The largest absolute Gasteiger partial charge is 0.370 e. The molecule has 1 N–H and O–H groups in total. The number of piperidine rings is 1. The Bertz CT molecular complexity index is 1200. The second-order valence-electron chi connectivity index (χ2n) is 9.25. The molecule has 2 aromatic heterocycles. The van der Waals surface area contributed by atoms with E-state index in [9.17, 15) is 0 Å². The average Bonchev–Trinajstić information content (AvgIpc) is 3.22. The summed E-state index contributed by atoms with van der Waals surface area (Å²) in [4.78, 5) is 12.8. The number of aryl methyl sites for hydroxylation is 2. The van der Waals surface area contributed by atoms with Gasteiger partial charge in [-0.2, -0.15) is 0 Å². The Morgan fingerprint density at radius 2 is 1.78 bits per heavy atom. The third-order valence-electron chi connectivity index (χ3n) is 6.76. The molecule has 0 amide bonds. The number of pyridine rings is 1. The Labute approximate surface area is 191 Å². The van der Waals surface area contributed by atoms with Crippen molar-refractivity contribution < 1.29 is 0 Å². The highest BCUT2D eigenvalue weighted by molar-refractivity contribution is 5.95. The Morgan fingerprint density at radius 1 is 1.03 bits per heavy atom. The summed E-state index contributed by atoms with van der Waals surface area (Å²) in [5, 5.41) is 1.17. The molecule has 3 aromatic rings. The highest BCUT2D eigenvalue weighted by Gasteiger charge is 2.20. The van der Waals surface area contributed by atoms with Gasteiger partial charge >= 0.3 is 0 Å². The zero-order chi connectivity index (χ0) is 22.2. The molecule has 4 heteroatoms. The van der Waals surface area contributed by atoms with E-state index in [1.165, 1.54) is 58.2 Å². The molecular weight excluding hydrogens is 392 g/mol. The van der Waals surface area contributed by atoms with Crippen molar-refractivity contribution in [3.63, 3.8) is 0 Å². The Hall–Kier alpha value is -3.27. The molecule has 2 aliphatic rings. The number of fused-ring (bicyclic) bond motifs is 1. The molecule has 0 bridgehead atoms. The number of rotatable bonds is 4. The zero-order valence-corrected chi connectivity index (χ0v) is 19.4. The van der Waals surface area contributed by atoms with Crippen LogP contribution in [0.15, 0.2) is 67.3 Å². The van der Waals surface area contributed by atoms with Gasteiger partial charge in [-0.05, 0) is 69.4 Å². The number of hydrogen-bond donors (Lipinski definition) is 1. The molecule has 1 saturated heterocycles. The van der Waals surface area contributed by atoms with Crippen LogP contribution < -0.4 is 4.90 Å². The molecule has 5 rings (SSSR count). The number of anilines is 1. The van der Waals surface area contributed by atoms with E-state index >= 15 is 0 Å². The number of benzene rings is 1. The number of aromatic amines is 1. The van der Waals surface area contributed by atoms with E-state index in [0.29, 0.717) is 0 Å². The highest BCUT2D eigenvalue weighted by atomic mass is 15.1. The maximum atomic E-state index is 4.71. The molecule has 1 fully saturated rings.